The zero-order valence-electron chi connectivity index (χ0n) is 11.3. The van der Waals surface area contributed by atoms with E-state index in [1.165, 1.54) is 0 Å². The largest absolute Gasteiger partial charge is 0.493 e. The third-order valence-electron chi connectivity index (χ3n) is 3.36. The number of imidazole rings is 1. The molecular weight excluding hydrogens is 268 g/mol. The molecule has 0 radical (unpaired) electrons. The normalized spacial score (nSPS) is 11.3. The number of hydrogen-bond acceptors (Lipinski definition) is 5. The summed E-state index contributed by atoms with van der Waals surface area (Å²) in [5.74, 6) is 1.61. The molecule has 4 rings (SSSR count). The second kappa shape index (κ2) is 4.20. The fourth-order valence-corrected chi connectivity index (χ4v) is 2.43. The van der Waals surface area contributed by atoms with Gasteiger partial charge in [-0.3, -0.25) is 4.57 Å². The molecular formula is C14H12N6O. The average Bonchev–Trinajstić information content (AvgIpc) is 3.09. The van der Waals surface area contributed by atoms with Crippen LogP contribution in [0.1, 0.15) is 0 Å². The van der Waals surface area contributed by atoms with E-state index in [1.807, 2.05) is 41.0 Å². The maximum atomic E-state index is 5.73. The molecule has 104 valence electrons. The fraction of sp³-hybridized carbons (Fsp3) is 0.0714. The Balaban J connectivity index is 2.07. The van der Waals surface area contributed by atoms with Crippen molar-refractivity contribution in [1.29, 1.82) is 0 Å². The first kappa shape index (κ1) is 11.7. The quantitative estimate of drug-likeness (QED) is 0.603. The molecule has 0 aliphatic rings. The summed E-state index contributed by atoms with van der Waals surface area (Å²) in [4.78, 5) is 8.60. The van der Waals surface area contributed by atoms with E-state index < -0.39 is 0 Å². The molecule has 0 saturated carbocycles. The van der Waals surface area contributed by atoms with Gasteiger partial charge in [-0.2, -0.15) is 9.50 Å². The Hall–Kier alpha value is -3.09. The molecule has 21 heavy (non-hydrogen) atoms. The molecule has 3 heterocycles. The van der Waals surface area contributed by atoms with E-state index in [0.29, 0.717) is 11.4 Å². The number of anilines is 1. The summed E-state index contributed by atoms with van der Waals surface area (Å²) in [6, 6.07) is 11.6. The van der Waals surface area contributed by atoms with Crippen molar-refractivity contribution in [2.24, 2.45) is 0 Å². The number of pyridine rings is 1. The zero-order chi connectivity index (χ0) is 14.4. The van der Waals surface area contributed by atoms with E-state index in [2.05, 4.69) is 15.1 Å². The van der Waals surface area contributed by atoms with Gasteiger partial charge in [-0.1, -0.05) is 12.1 Å². The Kier molecular flexibility index (Phi) is 2.34. The highest BCUT2D eigenvalue weighted by Crippen LogP contribution is 2.24. The second-order valence-corrected chi connectivity index (χ2v) is 4.57. The third kappa shape index (κ3) is 1.64. The maximum Gasteiger partial charge on any atom is 0.240 e. The minimum atomic E-state index is 0.199. The van der Waals surface area contributed by atoms with Gasteiger partial charge in [0, 0.05) is 0 Å². The maximum absolute atomic E-state index is 5.73. The Morgan fingerprint density at radius 2 is 2.00 bits per heavy atom. The average molecular weight is 280 g/mol. The molecule has 0 spiro atoms. The van der Waals surface area contributed by atoms with Crippen LogP contribution in [0.15, 0.2) is 42.7 Å². The van der Waals surface area contributed by atoms with Gasteiger partial charge in [-0.05, 0) is 24.3 Å². The van der Waals surface area contributed by atoms with Crippen LogP contribution < -0.4 is 10.5 Å². The van der Waals surface area contributed by atoms with E-state index >= 15 is 0 Å². The number of benzene rings is 1. The van der Waals surface area contributed by atoms with E-state index in [1.54, 1.807) is 18.0 Å². The van der Waals surface area contributed by atoms with Crippen LogP contribution in [0, 0.1) is 0 Å². The van der Waals surface area contributed by atoms with E-state index in [4.69, 9.17) is 10.5 Å². The number of hydrogen-bond donors (Lipinski definition) is 1. The van der Waals surface area contributed by atoms with E-state index in [-0.39, 0.29) is 5.95 Å². The lowest BCUT2D eigenvalue weighted by Crippen LogP contribution is -2.03. The van der Waals surface area contributed by atoms with E-state index in [9.17, 15) is 0 Å². The highest BCUT2D eigenvalue weighted by atomic mass is 16.5. The van der Waals surface area contributed by atoms with E-state index in [0.717, 1.165) is 16.9 Å². The smallest absolute Gasteiger partial charge is 0.240 e. The van der Waals surface area contributed by atoms with Gasteiger partial charge in [0.25, 0.3) is 0 Å². The Morgan fingerprint density at radius 3 is 2.86 bits per heavy atom. The summed E-state index contributed by atoms with van der Waals surface area (Å²) in [7, 11) is 1.59. The molecule has 0 aliphatic heterocycles. The van der Waals surface area contributed by atoms with Crippen LogP contribution in [-0.2, 0) is 0 Å². The molecule has 0 amide bonds. The highest BCUT2D eigenvalue weighted by molar-refractivity contribution is 5.77. The minimum absolute atomic E-state index is 0.199. The number of rotatable bonds is 2. The van der Waals surface area contributed by atoms with Crippen LogP contribution in [0.25, 0.3) is 22.5 Å². The van der Waals surface area contributed by atoms with Crippen LogP contribution >= 0.6 is 0 Å². The molecule has 0 bridgehead atoms. The van der Waals surface area contributed by atoms with Crippen LogP contribution in [0.4, 0.5) is 5.95 Å². The lowest BCUT2D eigenvalue weighted by atomic mass is 10.3. The number of ether oxygens (including phenoxy) is 1. The van der Waals surface area contributed by atoms with Gasteiger partial charge >= 0.3 is 0 Å². The highest BCUT2D eigenvalue weighted by Gasteiger charge is 2.13. The first-order chi connectivity index (χ1) is 10.3. The molecule has 0 saturated heterocycles. The zero-order valence-corrected chi connectivity index (χ0v) is 11.3. The molecule has 0 unspecified atom stereocenters. The fourth-order valence-electron chi connectivity index (χ4n) is 2.43. The van der Waals surface area contributed by atoms with Crippen molar-refractivity contribution in [3.8, 4) is 11.6 Å². The third-order valence-corrected chi connectivity index (χ3v) is 3.36. The Bertz CT molecular complexity index is 955. The summed E-state index contributed by atoms with van der Waals surface area (Å²) >= 11 is 0. The standard InChI is InChI=1S/C14H12N6O/c1-21-11-6-7-12(20-13(11)17-14(15)18-20)19-8-16-9-4-2-3-5-10(9)19/h2-8H,1H3,(H2,15,18). The molecule has 3 aromatic heterocycles. The topological polar surface area (TPSA) is 83.3 Å². The summed E-state index contributed by atoms with van der Waals surface area (Å²) in [6.07, 6.45) is 1.75. The van der Waals surface area contributed by atoms with Crippen molar-refractivity contribution in [1.82, 2.24) is 24.1 Å². The summed E-state index contributed by atoms with van der Waals surface area (Å²) < 4.78 is 8.89. The van der Waals surface area contributed by atoms with Gasteiger partial charge in [0.2, 0.25) is 11.6 Å². The number of fused-ring (bicyclic) bond motifs is 2. The van der Waals surface area contributed by atoms with Crippen molar-refractivity contribution in [2.45, 2.75) is 0 Å². The number of nitrogen functional groups attached to an aromatic ring is 1. The Morgan fingerprint density at radius 1 is 1.14 bits per heavy atom. The van der Waals surface area contributed by atoms with Gasteiger partial charge in [0.15, 0.2) is 5.75 Å². The van der Waals surface area contributed by atoms with Gasteiger partial charge in [-0.15, -0.1) is 5.10 Å². The number of para-hydroxylation sites is 2. The summed E-state index contributed by atoms with van der Waals surface area (Å²) in [5.41, 5.74) is 8.20. The van der Waals surface area contributed by atoms with Gasteiger partial charge < -0.3 is 10.5 Å². The number of nitrogens with two attached hydrogens (primary N) is 1. The van der Waals surface area contributed by atoms with Crippen LogP contribution in [0.3, 0.4) is 0 Å². The minimum Gasteiger partial charge on any atom is -0.493 e. The first-order valence-electron chi connectivity index (χ1n) is 6.39. The summed E-state index contributed by atoms with van der Waals surface area (Å²) in [6.45, 7) is 0. The molecule has 4 aromatic rings. The van der Waals surface area contributed by atoms with Gasteiger partial charge in [-0.25, -0.2) is 4.98 Å². The molecule has 0 fully saturated rings. The molecule has 0 atom stereocenters. The predicted molar refractivity (Wildman–Crippen MR) is 78.6 cm³/mol. The molecule has 7 heteroatoms. The lowest BCUT2D eigenvalue weighted by molar-refractivity contribution is 0.416. The van der Waals surface area contributed by atoms with Crippen molar-refractivity contribution >= 4 is 22.6 Å². The summed E-state index contributed by atoms with van der Waals surface area (Å²) in [5, 5.41) is 4.24. The van der Waals surface area contributed by atoms with Gasteiger partial charge in [0.05, 0.1) is 18.1 Å². The van der Waals surface area contributed by atoms with Crippen molar-refractivity contribution < 1.29 is 4.74 Å². The monoisotopic (exact) mass is 280 g/mol. The van der Waals surface area contributed by atoms with Crippen molar-refractivity contribution in [3.63, 3.8) is 0 Å². The number of nitrogens with zero attached hydrogens (tertiary/aromatic N) is 5. The number of aromatic nitrogens is 5. The molecule has 0 aliphatic carbocycles. The SMILES string of the molecule is COc1ccc(-n2cnc3ccccc32)n2nc(N)nc12. The predicted octanol–water partition coefficient (Wildman–Crippen LogP) is 1.66. The molecule has 7 nitrogen and oxygen atoms in total. The Labute approximate surface area is 119 Å². The lowest BCUT2D eigenvalue weighted by Gasteiger charge is -2.08. The van der Waals surface area contributed by atoms with Gasteiger partial charge in [0.1, 0.15) is 12.1 Å². The van der Waals surface area contributed by atoms with Crippen LogP contribution in [0.2, 0.25) is 0 Å². The van der Waals surface area contributed by atoms with Crippen LogP contribution in [-0.4, -0.2) is 31.3 Å². The molecule has 1 aromatic carbocycles. The van der Waals surface area contributed by atoms with Crippen LogP contribution in [0.5, 0.6) is 5.75 Å². The van der Waals surface area contributed by atoms with Crippen molar-refractivity contribution in [2.75, 3.05) is 12.8 Å². The second-order valence-electron chi connectivity index (χ2n) is 4.57. The van der Waals surface area contributed by atoms with Crippen molar-refractivity contribution in [3.05, 3.63) is 42.7 Å². The number of methoxy groups -OCH3 is 1. The molecule has 2 N–H and O–H groups in total. The first-order valence-corrected chi connectivity index (χ1v) is 6.39.